The summed E-state index contributed by atoms with van der Waals surface area (Å²) in [6.07, 6.45) is 0. The van der Waals surface area contributed by atoms with Gasteiger partial charge < -0.3 is 14.6 Å². The minimum atomic E-state index is -0.483. The average molecular weight is 397 g/mol. The van der Waals surface area contributed by atoms with Crippen LogP contribution in [0, 0.1) is 0 Å². The highest BCUT2D eigenvalue weighted by molar-refractivity contribution is 5.89. The van der Waals surface area contributed by atoms with Crippen molar-refractivity contribution in [2.24, 2.45) is 0 Å². The number of likely N-dealkylation sites (N-methyl/N-ethyl adjacent to an activating group) is 1. The Morgan fingerprint density at radius 2 is 1.57 bits per heavy atom. The molecule has 1 amide bonds. The van der Waals surface area contributed by atoms with E-state index in [1.54, 1.807) is 30.1 Å². The van der Waals surface area contributed by atoms with E-state index in [-0.39, 0.29) is 18.0 Å². The van der Waals surface area contributed by atoms with E-state index in [0.29, 0.717) is 28.2 Å². The normalized spacial score (nSPS) is 12.7. The summed E-state index contributed by atoms with van der Waals surface area (Å²) < 4.78 is 5.99. The van der Waals surface area contributed by atoms with Crippen LogP contribution in [-0.2, 0) is 11.3 Å². The van der Waals surface area contributed by atoms with Gasteiger partial charge in [0.05, 0.1) is 23.4 Å². The summed E-state index contributed by atoms with van der Waals surface area (Å²) in [5.74, 6) is 1.24. The fourth-order valence-electron chi connectivity index (χ4n) is 3.91. The number of para-hydroxylation sites is 3. The number of nitrogens with zero attached hydrogens (tertiary/aromatic N) is 2. The van der Waals surface area contributed by atoms with Crippen molar-refractivity contribution in [1.29, 1.82) is 0 Å². The third-order valence-corrected chi connectivity index (χ3v) is 5.35. The molecule has 6 heteroatoms. The number of hydrogen-bond acceptors (Lipinski definition) is 4. The summed E-state index contributed by atoms with van der Waals surface area (Å²) in [6, 6.07) is 22.3. The van der Waals surface area contributed by atoms with Crippen LogP contribution in [-0.4, -0.2) is 27.8 Å². The van der Waals surface area contributed by atoms with Crippen LogP contribution in [0.5, 0.6) is 11.5 Å². The van der Waals surface area contributed by atoms with Gasteiger partial charge in [0.2, 0.25) is 5.91 Å². The minimum Gasteiger partial charge on any atom is -0.457 e. The lowest BCUT2D eigenvalue weighted by Gasteiger charge is -2.30. The molecule has 148 valence electrons. The van der Waals surface area contributed by atoms with Gasteiger partial charge in [0.1, 0.15) is 17.3 Å². The third-order valence-electron chi connectivity index (χ3n) is 5.35. The van der Waals surface area contributed by atoms with Gasteiger partial charge in [0.25, 0.3) is 5.56 Å². The fourth-order valence-corrected chi connectivity index (χ4v) is 3.91. The third kappa shape index (κ3) is 3.03. The molecule has 1 N–H and O–H groups in total. The van der Waals surface area contributed by atoms with E-state index in [9.17, 15) is 9.59 Å². The molecule has 1 aliphatic rings. The monoisotopic (exact) mass is 397 g/mol. The van der Waals surface area contributed by atoms with Crippen molar-refractivity contribution in [3.05, 3.63) is 100 Å². The molecule has 0 spiro atoms. The number of ether oxygens (including phenoxy) is 1. The predicted molar refractivity (Wildman–Crippen MR) is 114 cm³/mol. The Morgan fingerprint density at radius 1 is 0.967 bits per heavy atom. The van der Waals surface area contributed by atoms with Crippen LogP contribution < -0.4 is 10.3 Å². The molecule has 0 fully saturated rings. The number of carbonyl (C=O) groups is 1. The van der Waals surface area contributed by atoms with Crippen molar-refractivity contribution in [1.82, 2.24) is 14.9 Å². The largest absolute Gasteiger partial charge is 0.457 e. The molecule has 0 atom stereocenters. The molecule has 0 saturated heterocycles. The van der Waals surface area contributed by atoms with Gasteiger partial charge in [-0.1, -0.05) is 48.5 Å². The lowest BCUT2D eigenvalue weighted by Crippen LogP contribution is -2.34. The molecule has 6 nitrogen and oxygen atoms in total. The molecule has 2 heterocycles. The zero-order valence-electron chi connectivity index (χ0n) is 16.3. The van der Waals surface area contributed by atoms with Gasteiger partial charge >= 0.3 is 0 Å². The lowest BCUT2D eigenvalue weighted by molar-refractivity contribution is -0.131. The second kappa shape index (κ2) is 7.15. The summed E-state index contributed by atoms with van der Waals surface area (Å²) in [7, 11) is 1.72. The standard InChI is InChI=1S/C24H19N3O3/c1-27(14-21-25-18-11-5-2-8-15(18)23(28)26-21)24(29)22-16-9-3-6-12-19(16)30-20-13-7-4-10-17(20)22/h2-13,22H,14H2,1H3,(H,25,26,28). The number of hydrogen-bond donors (Lipinski definition) is 1. The lowest BCUT2D eigenvalue weighted by atomic mass is 9.87. The van der Waals surface area contributed by atoms with Crippen LogP contribution in [0.4, 0.5) is 0 Å². The van der Waals surface area contributed by atoms with Crippen molar-refractivity contribution < 1.29 is 9.53 Å². The topological polar surface area (TPSA) is 75.3 Å². The van der Waals surface area contributed by atoms with Crippen molar-refractivity contribution in [2.75, 3.05) is 7.05 Å². The maximum atomic E-state index is 13.5. The quantitative estimate of drug-likeness (QED) is 0.570. The summed E-state index contributed by atoms with van der Waals surface area (Å²) in [5.41, 5.74) is 2.05. The SMILES string of the molecule is CN(Cc1nc2ccccc2c(=O)[nH]1)C(=O)C1c2ccccc2Oc2ccccc21. The Bertz CT molecular complexity index is 1280. The number of aromatic amines is 1. The van der Waals surface area contributed by atoms with E-state index in [2.05, 4.69) is 9.97 Å². The van der Waals surface area contributed by atoms with Crippen LogP contribution in [0.3, 0.4) is 0 Å². The van der Waals surface area contributed by atoms with E-state index < -0.39 is 5.92 Å². The van der Waals surface area contributed by atoms with Crippen LogP contribution in [0.2, 0.25) is 0 Å². The number of H-pyrrole nitrogens is 1. The second-order valence-electron chi connectivity index (χ2n) is 7.33. The van der Waals surface area contributed by atoms with Crippen molar-refractivity contribution in [2.45, 2.75) is 12.5 Å². The molecule has 4 aromatic rings. The summed E-state index contributed by atoms with van der Waals surface area (Å²) in [4.78, 5) is 34.8. The number of aromatic nitrogens is 2. The van der Waals surface area contributed by atoms with Gasteiger partial charge in [0, 0.05) is 18.2 Å². The number of amides is 1. The molecule has 1 aromatic heterocycles. The predicted octanol–water partition coefficient (Wildman–Crippen LogP) is 3.82. The Balaban J connectivity index is 1.50. The molecule has 5 rings (SSSR count). The molecule has 0 unspecified atom stereocenters. The van der Waals surface area contributed by atoms with Crippen LogP contribution >= 0.6 is 0 Å². The smallest absolute Gasteiger partial charge is 0.258 e. The maximum absolute atomic E-state index is 13.5. The van der Waals surface area contributed by atoms with E-state index in [1.807, 2.05) is 54.6 Å². The van der Waals surface area contributed by atoms with E-state index in [4.69, 9.17) is 4.74 Å². The van der Waals surface area contributed by atoms with E-state index in [1.165, 1.54) is 0 Å². The Morgan fingerprint density at radius 3 is 2.27 bits per heavy atom. The first-order valence-electron chi connectivity index (χ1n) is 9.70. The molecule has 0 radical (unpaired) electrons. The number of nitrogens with one attached hydrogen (secondary N) is 1. The summed E-state index contributed by atoms with van der Waals surface area (Å²) in [6.45, 7) is 0.195. The number of rotatable bonds is 3. The first kappa shape index (κ1) is 18.1. The van der Waals surface area contributed by atoms with Gasteiger partial charge in [-0.25, -0.2) is 4.98 Å². The summed E-state index contributed by atoms with van der Waals surface area (Å²) >= 11 is 0. The van der Waals surface area contributed by atoms with Gasteiger partial charge in [-0.3, -0.25) is 9.59 Å². The summed E-state index contributed by atoms with van der Waals surface area (Å²) in [5, 5.41) is 0.530. The second-order valence-corrected chi connectivity index (χ2v) is 7.33. The number of fused-ring (bicyclic) bond motifs is 3. The maximum Gasteiger partial charge on any atom is 0.258 e. The Labute approximate surface area is 172 Å². The van der Waals surface area contributed by atoms with E-state index >= 15 is 0 Å². The number of carbonyl (C=O) groups excluding carboxylic acids is 1. The van der Waals surface area contributed by atoms with Crippen LogP contribution in [0.15, 0.2) is 77.6 Å². The van der Waals surface area contributed by atoms with Gasteiger partial charge in [-0.15, -0.1) is 0 Å². The molecule has 0 bridgehead atoms. The van der Waals surface area contributed by atoms with Crippen molar-refractivity contribution in [3.8, 4) is 11.5 Å². The first-order chi connectivity index (χ1) is 14.6. The molecule has 3 aromatic carbocycles. The zero-order valence-corrected chi connectivity index (χ0v) is 16.3. The van der Waals surface area contributed by atoms with Crippen molar-refractivity contribution in [3.63, 3.8) is 0 Å². The highest BCUT2D eigenvalue weighted by Gasteiger charge is 2.34. The first-order valence-corrected chi connectivity index (χ1v) is 9.70. The van der Waals surface area contributed by atoms with Crippen LogP contribution in [0.25, 0.3) is 10.9 Å². The molecule has 1 aliphatic heterocycles. The highest BCUT2D eigenvalue weighted by atomic mass is 16.5. The average Bonchev–Trinajstić information content (AvgIpc) is 2.77. The minimum absolute atomic E-state index is 0.0889. The molecular weight excluding hydrogens is 378 g/mol. The Kier molecular flexibility index (Phi) is 4.32. The van der Waals surface area contributed by atoms with Gasteiger partial charge in [-0.2, -0.15) is 0 Å². The molecular formula is C24H19N3O3. The highest BCUT2D eigenvalue weighted by Crippen LogP contribution is 2.44. The van der Waals surface area contributed by atoms with Gasteiger partial charge in [0.15, 0.2) is 0 Å². The number of benzene rings is 3. The zero-order chi connectivity index (χ0) is 20.7. The molecule has 0 aliphatic carbocycles. The molecule has 30 heavy (non-hydrogen) atoms. The molecule has 0 saturated carbocycles. The van der Waals surface area contributed by atoms with Crippen molar-refractivity contribution >= 4 is 16.8 Å². The van der Waals surface area contributed by atoms with E-state index in [0.717, 1.165) is 11.1 Å². The fraction of sp³-hybridized carbons (Fsp3) is 0.125. The van der Waals surface area contributed by atoms with Crippen LogP contribution in [0.1, 0.15) is 22.9 Å². The Hall–Kier alpha value is -3.93. The van der Waals surface area contributed by atoms with Gasteiger partial charge in [-0.05, 0) is 24.3 Å².